The first-order valence-corrected chi connectivity index (χ1v) is 16.9. The molecule has 3 aromatic rings. The van der Waals surface area contributed by atoms with E-state index < -0.39 is 11.0 Å². The zero-order valence-corrected chi connectivity index (χ0v) is 28.8. The first kappa shape index (κ1) is 33.7. The third-order valence-electron chi connectivity index (χ3n) is 9.87. The number of carbonyl (C=O) groups is 1. The van der Waals surface area contributed by atoms with E-state index in [9.17, 15) is 19.1 Å². The maximum Gasteiger partial charge on any atom is 0.350 e. The number of nitrogens with one attached hydrogen (secondary N) is 1. The van der Waals surface area contributed by atoms with Crippen molar-refractivity contribution in [2.24, 2.45) is 0 Å². The number of fused-ring (bicyclic) bond motifs is 3. The van der Waals surface area contributed by atoms with Gasteiger partial charge in [-0.15, -0.1) is 5.10 Å². The van der Waals surface area contributed by atoms with E-state index in [0.29, 0.717) is 49.6 Å². The molecule has 3 aliphatic rings. The lowest BCUT2D eigenvalue weighted by molar-refractivity contribution is -0.121. The Balaban J connectivity index is 1.37. The van der Waals surface area contributed by atoms with Crippen LogP contribution in [0.4, 0.5) is 10.1 Å². The molecule has 4 atom stereocenters. The van der Waals surface area contributed by atoms with Crippen LogP contribution in [0.1, 0.15) is 65.3 Å². The van der Waals surface area contributed by atoms with Crippen molar-refractivity contribution in [3.63, 3.8) is 0 Å². The number of rotatable bonds is 8. The van der Waals surface area contributed by atoms with Gasteiger partial charge in [-0.2, -0.15) is 0 Å². The number of carbonyl (C=O) groups excluding carboxylic acids is 1. The summed E-state index contributed by atoms with van der Waals surface area (Å²) in [5, 5.41) is 18.9. The molecule has 5 heterocycles. The smallest absolute Gasteiger partial charge is 0.350 e. The van der Waals surface area contributed by atoms with Gasteiger partial charge in [0.1, 0.15) is 5.82 Å². The quantitative estimate of drug-likeness (QED) is 0.383. The molecule has 2 fully saturated rings. The second-order valence-corrected chi connectivity index (χ2v) is 15.3. The van der Waals surface area contributed by atoms with E-state index in [1.165, 1.54) is 16.8 Å². The number of hydrogen-bond acceptors (Lipinski definition) is 8. The van der Waals surface area contributed by atoms with Crippen molar-refractivity contribution in [3.05, 3.63) is 63.5 Å². The molecule has 0 unspecified atom stereocenters. The molecule has 0 saturated carbocycles. The van der Waals surface area contributed by atoms with Crippen LogP contribution in [0.15, 0.2) is 35.1 Å². The molecule has 1 aromatic carbocycles. The zero-order chi connectivity index (χ0) is 33.8. The fourth-order valence-corrected chi connectivity index (χ4v) is 7.59. The maximum absolute atomic E-state index is 14.4. The molecule has 0 aliphatic carbocycles. The summed E-state index contributed by atoms with van der Waals surface area (Å²) in [6.45, 7) is 18.4. The summed E-state index contributed by atoms with van der Waals surface area (Å²) < 4.78 is 22.5. The number of ether oxygens (including phenoxy) is 1. The van der Waals surface area contributed by atoms with Gasteiger partial charge in [0.05, 0.1) is 43.3 Å². The molecule has 2 aromatic heterocycles. The minimum Gasteiger partial charge on any atom is -0.389 e. The van der Waals surface area contributed by atoms with Gasteiger partial charge in [-0.05, 0) is 58.4 Å². The lowest BCUT2D eigenvalue weighted by Gasteiger charge is -2.46. The van der Waals surface area contributed by atoms with Crippen molar-refractivity contribution in [1.82, 2.24) is 29.3 Å². The monoisotopic (exact) mass is 651 g/mol. The van der Waals surface area contributed by atoms with Gasteiger partial charge in [0, 0.05) is 67.7 Å². The number of piperazine rings is 1. The number of aromatic nitrogens is 3. The van der Waals surface area contributed by atoms with Gasteiger partial charge in [0.25, 0.3) is 0 Å². The molecular formula is C35H50FN7O4. The standard InChI is InChI=1S/C35H50FN7O4/c1-22-15-39(28(14-37-22)16-40-23(2)18-47-19-24(40)3)17-30(44)41-20-34(4,5)31-29(41)13-26(12-25-8-10-27(36)11-9-25)32-38-42(21-35(6,7)46)33(45)43(31)32/h8-11,13,22-24,28,37,46H,12,14-21H2,1-7H3/t22-,23-,24-,28-/m1/s1. The van der Waals surface area contributed by atoms with Crippen LogP contribution in [0, 0.1) is 5.82 Å². The van der Waals surface area contributed by atoms with Gasteiger partial charge in [0.2, 0.25) is 5.91 Å². The molecule has 12 heteroatoms. The van der Waals surface area contributed by atoms with Crippen LogP contribution in [0.2, 0.25) is 0 Å². The average molecular weight is 652 g/mol. The number of halogens is 1. The van der Waals surface area contributed by atoms with E-state index in [-0.39, 0.29) is 42.6 Å². The fraction of sp³-hybridized carbons (Fsp3) is 0.629. The topological polar surface area (TPSA) is 108 Å². The number of benzene rings is 1. The van der Waals surface area contributed by atoms with Crippen LogP contribution in [0.25, 0.3) is 5.65 Å². The number of pyridine rings is 1. The van der Waals surface area contributed by atoms with Crippen LogP contribution in [-0.4, -0.2) is 111 Å². The van der Waals surface area contributed by atoms with Gasteiger partial charge in [-0.3, -0.25) is 14.6 Å². The Hall–Kier alpha value is -3.16. The van der Waals surface area contributed by atoms with E-state index >= 15 is 0 Å². The molecule has 6 rings (SSSR count). The van der Waals surface area contributed by atoms with E-state index in [2.05, 4.69) is 49.7 Å². The van der Waals surface area contributed by atoms with Gasteiger partial charge < -0.3 is 20.1 Å². The second-order valence-electron chi connectivity index (χ2n) is 15.3. The Labute approximate surface area is 276 Å². The van der Waals surface area contributed by atoms with Gasteiger partial charge in [0.15, 0.2) is 5.65 Å². The summed E-state index contributed by atoms with van der Waals surface area (Å²) in [5.74, 6) is -0.335. The largest absolute Gasteiger partial charge is 0.389 e. The third-order valence-corrected chi connectivity index (χ3v) is 9.87. The molecule has 1 amide bonds. The van der Waals surface area contributed by atoms with Gasteiger partial charge in [-0.1, -0.05) is 26.0 Å². The number of anilines is 1. The molecule has 3 aliphatic heterocycles. The lowest BCUT2D eigenvalue weighted by Crippen LogP contribution is -2.63. The fourth-order valence-electron chi connectivity index (χ4n) is 7.59. The number of morpholine rings is 1. The summed E-state index contributed by atoms with van der Waals surface area (Å²) in [4.78, 5) is 35.0. The SMILES string of the molecule is C[C@@H]1CN(CC(=O)N2CC(C)(C)c3c2cc(Cc2ccc(F)cc2)c2nn(CC(C)(C)O)c(=O)n32)[C@@H](CN2[C@H](C)COC[C@H]2C)CN1. The molecule has 11 nitrogen and oxygen atoms in total. The predicted octanol–water partition coefficient (Wildman–Crippen LogP) is 2.39. The number of aliphatic hydroxyl groups is 1. The molecular weight excluding hydrogens is 601 g/mol. The summed E-state index contributed by atoms with van der Waals surface area (Å²) in [5.41, 5.74) is 1.47. The zero-order valence-electron chi connectivity index (χ0n) is 28.8. The van der Waals surface area contributed by atoms with Crippen LogP contribution < -0.4 is 15.9 Å². The third kappa shape index (κ3) is 6.89. The maximum atomic E-state index is 14.4. The summed E-state index contributed by atoms with van der Waals surface area (Å²) >= 11 is 0. The Kier molecular flexibility index (Phi) is 9.12. The highest BCUT2D eigenvalue weighted by Crippen LogP contribution is 2.42. The second kappa shape index (κ2) is 12.7. The molecule has 2 saturated heterocycles. The van der Waals surface area contributed by atoms with E-state index in [1.54, 1.807) is 30.4 Å². The number of nitrogens with zero attached hydrogens (tertiary/aromatic N) is 6. The van der Waals surface area contributed by atoms with Crippen LogP contribution >= 0.6 is 0 Å². The van der Waals surface area contributed by atoms with Crippen LogP contribution in [-0.2, 0) is 27.9 Å². The minimum absolute atomic E-state index is 0.0111. The summed E-state index contributed by atoms with van der Waals surface area (Å²) in [6, 6.07) is 9.28. The Bertz CT molecular complexity index is 1670. The van der Waals surface area contributed by atoms with Gasteiger partial charge >= 0.3 is 5.69 Å². The first-order valence-electron chi connectivity index (χ1n) is 16.9. The van der Waals surface area contributed by atoms with E-state index in [1.807, 2.05) is 11.0 Å². The first-order chi connectivity index (χ1) is 22.1. The van der Waals surface area contributed by atoms with E-state index in [4.69, 9.17) is 9.84 Å². The normalized spacial score (nSPS) is 25.4. The number of amides is 1. The molecule has 256 valence electrons. The molecule has 0 bridgehead atoms. The van der Waals surface area contributed by atoms with Crippen molar-refractivity contribution in [2.45, 2.75) is 96.6 Å². The van der Waals surface area contributed by atoms with Crippen LogP contribution in [0.3, 0.4) is 0 Å². The van der Waals surface area contributed by atoms with Crippen molar-refractivity contribution >= 4 is 17.2 Å². The van der Waals surface area contributed by atoms with Crippen molar-refractivity contribution < 1.29 is 19.0 Å². The van der Waals surface area contributed by atoms with Crippen molar-refractivity contribution in [2.75, 3.05) is 50.8 Å². The van der Waals surface area contributed by atoms with Gasteiger partial charge in [-0.25, -0.2) is 18.3 Å². The van der Waals surface area contributed by atoms with Crippen molar-refractivity contribution in [3.8, 4) is 0 Å². The lowest BCUT2D eigenvalue weighted by atomic mass is 9.90. The summed E-state index contributed by atoms with van der Waals surface area (Å²) in [7, 11) is 0. The highest BCUT2D eigenvalue weighted by molar-refractivity contribution is 5.98. The minimum atomic E-state index is -1.16. The van der Waals surface area contributed by atoms with E-state index in [0.717, 1.165) is 36.5 Å². The molecule has 47 heavy (non-hydrogen) atoms. The molecule has 2 N–H and O–H groups in total. The van der Waals surface area contributed by atoms with Crippen molar-refractivity contribution in [1.29, 1.82) is 0 Å². The Morgan fingerprint density at radius 3 is 2.49 bits per heavy atom. The molecule has 0 radical (unpaired) electrons. The number of hydrogen-bond donors (Lipinski definition) is 2. The highest BCUT2D eigenvalue weighted by Gasteiger charge is 2.43. The molecule has 0 spiro atoms. The van der Waals surface area contributed by atoms with Crippen LogP contribution in [0.5, 0.6) is 0 Å². The Morgan fingerprint density at radius 1 is 1.15 bits per heavy atom. The summed E-state index contributed by atoms with van der Waals surface area (Å²) in [6.07, 6.45) is 0.395. The predicted molar refractivity (Wildman–Crippen MR) is 180 cm³/mol. The average Bonchev–Trinajstić information content (AvgIpc) is 3.44. The highest BCUT2D eigenvalue weighted by atomic mass is 19.1. The Morgan fingerprint density at radius 2 is 1.83 bits per heavy atom.